The lowest BCUT2D eigenvalue weighted by Crippen LogP contribution is -2.58. The Kier molecular flexibility index (Phi) is 8.46. The van der Waals surface area contributed by atoms with E-state index in [2.05, 4.69) is 25.2 Å². The van der Waals surface area contributed by atoms with E-state index < -0.39 is 34.9 Å². The van der Waals surface area contributed by atoms with Gasteiger partial charge in [-0.1, -0.05) is 18.2 Å². The molecular formula is C31H46N2O7. The lowest BCUT2D eigenvalue weighted by atomic mass is 9.70. The van der Waals surface area contributed by atoms with Crippen LogP contribution in [0.5, 0.6) is 5.75 Å². The smallest absolute Gasteiger partial charge is 0.408 e. The van der Waals surface area contributed by atoms with E-state index in [4.69, 9.17) is 18.9 Å². The molecule has 3 aliphatic rings. The molecule has 9 heteroatoms. The minimum absolute atomic E-state index is 0.00116. The number of esters is 1. The highest BCUT2D eigenvalue weighted by Crippen LogP contribution is 2.52. The van der Waals surface area contributed by atoms with Crippen molar-refractivity contribution in [2.75, 3.05) is 13.1 Å². The Morgan fingerprint density at radius 1 is 1.07 bits per heavy atom. The zero-order valence-electron chi connectivity index (χ0n) is 25.2. The number of rotatable bonds is 5. The Balaban J connectivity index is 1.46. The van der Waals surface area contributed by atoms with Gasteiger partial charge < -0.3 is 29.2 Å². The lowest BCUT2D eigenvalue weighted by molar-refractivity contribution is -0.189. The molecule has 0 unspecified atom stereocenters. The number of amides is 2. The first kappa shape index (κ1) is 30.2. The Hall–Kier alpha value is -2.81. The van der Waals surface area contributed by atoms with Gasteiger partial charge in [0.1, 0.15) is 28.6 Å². The van der Waals surface area contributed by atoms with Gasteiger partial charge in [-0.05, 0) is 80.7 Å². The van der Waals surface area contributed by atoms with Crippen molar-refractivity contribution >= 4 is 18.0 Å². The number of benzene rings is 1. The number of likely N-dealkylation sites (tertiary alicyclic amines) is 1. The van der Waals surface area contributed by atoms with Crippen molar-refractivity contribution in [2.45, 2.75) is 116 Å². The largest absolute Gasteiger partial charge is 0.487 e. The minimum atomic E-state index is -0.905. The van der Waals surface area contributed by atoms with Crippen LogP contribution in [-0.4, -0.2) is 64.9 Å². The van der Waals surface area contributed by atoms with Crippen LogP contribution in [0.4, 0.5) is 4.79 Å². The first-order valence-corrected chi connectivity index (χ1v) is 14.5. The van der Waals surface area contributed by atoms with Crippen molar-refractivity contribution in [1.29, 1.82) is 0 Å². The summed E-state index contributed by atoms with van der Waals surface area (Å²) in [5.41, 5.74) is -0.671. The average molecular weight is 559 g/mol. The van der Waals surface area contributed by atoms with Crippen LogP contribution in [0, 0.1) is 11.8 Å². The molecule has 2 fully saturated rings. The molecule has 0 bridgehead atoms. The second-order valence-electron chi connectivity index (χ2n) is 13.8. The number of fused-ring (bicyclic) bond motifs is 4. The van der Waals surface area contributed by atoms with Crippen LogP contribution in [0.2, 0.25) is 0 Å². The molecule has 0 saturated carbocycles. The number of para-hydroxylation sites is 1. The first-order valence-electron chi connectivity index (χ1n) is 14.5. The van der Waals surface area contributed by atoms with Crippen LogP contribution in [0.1, 0.15) is 92.7 Å². The molecule has 3 aliphatic heterocycles. The lowest BCUT2D eigenvalue weighted by Gasteiger charge is -2.53. The fourth-order valence-electron chi connectivity index (χ4n) is 6.04. The summed E-state index contributed by atoms with van der Waals surface area (Å²) in [6.45, 7) is 15.9. The van der Waals surface area contributed by atoms with E-state index in [0.29, 0.717) is 19.5 Å². The van der Waals surface area contributed by atoms with Gasteiger partial charge in [-0.2, -0.15) is 0 Å². The van der Waals surface area contributed by atoms with Gasteiger partial charge in [0.15, 0.2) is 0 Å². The monoisotopic (exact) mass is 558 g/mol. The van der Waals surface area contributed by atoms with E-state index in [9.17, 15) is 14.4 Å². The maximum Gasteiger partial charge on any atom is 0.408 e. The second-order valence-corrected chi connectivity index (χ2v) is 13.8. The highest BCUT2D eigenvalue weighted by Gasteiger charge is 2.51. The van der Waals surface area contributed by atoms with Crippen LogP contribution in [0.25, 0.3) is 0 Å². The van der Waals surface area contributed by atoms with Crippen molar-refractivity contribution in [3.8, 4) is 5.75 Å². The summed E-state index contributed by atoms with van der Waals surface area (Å²) in [6, 6.07) is 7.18. The van der Waals surface area contributed by atoms with E-state index in [0.717, 1.165) is 17.7 Å². The third-order valence-electron chi connectivity index (χ3n) is 7.76. The van der Waals surface area contributed by atoms with Gasteiger partial charge in [-0.25, -0.2) is 4.79 Å². The quantitative estimate of drug-likeness (QED) is 0.498. The van der Waals surface area contributed by atoms with Gasteiger partial charge in [0.2, 0.25) is 5.91 Å². The summed E-state index contributed by atoms with van der Waals surface area (Å²) < 4.78 is 24.0. The van der Waals surface area contributed by atoms with Gasteiger partial charge in [0.05, 0.1) is 12.2 Å². The molecule has 1 aromatic rings. The minimum Gasteiger partial charge on any atom is -0.487 e. The van der Waals surface area contributed by atoms with E-state index in [1.54, 1.807) is 46.4 Å². The third kappa shape index (κ3) is 7.28. The van der Waals surface area contributed by atoms with Crippen molar-refractivity contribution in [1.82, 2.24) is 10.2 Å². The molecule has 0 radical (unpaired) electrons. The highest BCUT2D eigenvalue weighted by molar-refractivity contribution is 5.86. The molecule has 0 aromatic heterocycles. The maximum atomic E-state index is 13.8. The molecule has 0 aliphatic carbocycles. The summed E-state index contributed by atoms with van der Waals surface area (Å²) >= 11 is 0. The van der Waals surface area contributed by atoms with Gasteiger partial charge in [-0.3, -0.25) is 9.59 Å². The number of carbonyl (C=O) groups is 3. The number of nitrogens with zero attached hydrogens (tertiary/aromatic N) is 1. The van der Waals surface area contributed by atoms with Crippen LogP contribution in [-0.2, 0) is 23.8 Å². The highest BCUT2D eigenvalue weighted by atomic mass is 16.6. The van der Waals surface area contributed by atoms with Crippen molar-refractivity contribution in [3.63, 3.8) is 0 Å². The van der Waals surface area contributed by atoms with Crippen LogP contribution >= 0.6 is 0 Å². The Morgan fingerprint density at radius 3 is 2.42 bits per heavy atom. The molecule has 2 saturated heterocycles. The van der Waals surface area contributed by atoms with Crippen LogP contribution in [0.15, 0.2) is 24.3 Å². The van der Waals surface area contributed by atoms with Crippen molar-refractivity contribution < 1.29 is 33.3 Å². The average Bonchev–Trinajstić information content (AvgIpc) is 2.82. The summed E-state index contributed by atoms with van der Waals surface area (Å²) in [5, 5.41) is 2.72. The molecule has 4 rings (SSSR count). The number of hydrogen-bond acceptors (Lipinski definition) is 7. The first-order chi connectivity index (χ1) is 18.5. The van der Waals surface area contributed by atoms with Gasteiger partial charge >= 0.3 is 12.1 Å². The zero-order valence-corrected chi connectivity index (χ0v) is 25.2. The number of piperidine rings is 1. The number of carbonyl (C=O) groups excluding carboxylic acids is 3. The maximum absolute atomic E-state index is 13.8. The topological polar surface area (TPSA) is 103 Å². The van der Waals surface area contributed by atoms with Gasteiger partial charge in [-0.15, -0.1) is 0 Å². The predicted molar refractivity (Wildman–Crippen MR) is 150 cm³/mol. The number of nitrogens with one attached hydrogen (secondary N) is 1. The molecule has 9 nitrogen and oxygen atoms in total. The molecule has 2 amide bonds. The summed E-state index contributed by atoms with van der Waals surface area (Å²) in [7, 11) is 0. The number of alkyl carbamates (subject to hydrolysis) is 1. The summed E-state index contributed by atoms with van der Waals surface area (Å²) in [6.07, 6.45) is 0.993. The van der Waals surface area contributed by atoms with E-state index in [1.807, 2.05) is 18.2 Å². The molecule has 0 spiro atoms. The molecule has 5 atom stereocenters. The van der Waals surface area contributed by atoms with Crippen molar-refractivity contribution in [2.24, 2.45) is 11.8 Å². The summed E-state index contributed by atoms with van der Waals surface area (Å²) in [5.74, 6) is 0.517. The molecule has 1 N–H and O–H groups in total. The van der Waals surface area contributed by atoms with E-state index in [1.165, 1.54) is 0 Å². The Morgan fingerprint density at radius 2 is 1.75 bits per heavy atom. The molecule has 3 heterocycles. The molecule has 1 aromatic carbocycles. The Labute approximate surface area is 238 Å². The van der Waals surface area contributed by atoms with Crippen molar-refractivity contribution in [3.05, 3.63) is 29.8 Å². The zero-order chi connectivity index (χ0) is 29.5. The fourth-order valence-corrected chi connectivity index (χ4v) is 6.04. The number of ether oxygens (including phenoxy) is 4. The predicted octanol–water partition coefficient (Wildman–Crippen LogP) is 5.17. The van der Waals surface area contributed by atoms with Crippen LogP contribution in [0.3, 0.4) is 0 Å². The molecule has 222 valence electrons. The normalized spacial score (nSPS) is 26.2. The summed E-state index contributed by atoms with van der Waals surface area (Å²) in [4.78, 5) is 40.6. The Bertz CT molecular complexity index is 1100. The standard InChI is InChI=1S/C31H46N2O7/c1-29(2,3)39-25(34)14-13-22(32-28(36)40-30(4,5)6)27(35)33-16-15-23-19(18-33)17-21-26(37-23)20-11-9-10-12-24(20)38-31(21,7)8/h9-12,19,21-23,26H,13-18H2,1-8H3,(H,32,36)/t19-,21+,22+,23+,26-/m1/s1. The van der Waals surface area contributed by atoms with Gasteiger partial charge in [0, 0.05) is 36.9 Å². The SMILES string of the molecule is CC(C)(C)OC(=O)CC[C@H](NC(=O)OC(C)(C)C)C(=O)N1CC[C@@H]2O[C@@H]3c4ccccc4OC(C)(C)[C@H]3C[C@@H]2C1. The second kappa shape index (κ2) is 11.2. The van der Waals surface area contributed by atoms with Crippen LogP contribution < -0.4 is 10.1 Å². The molecular weight excluding hydrogens is 512 g/mol. The van der Waals surface area contributed by atoms with E-state index >= 15 is 0 Å². The van der Waals surface area contributed by atoms with E-state index in [-0.39, 0.29) is 42.8 Å². The van der Waals surface area contributed by atoms with Gasteiger partial charge in [0.25, 0.3) is 0 Å². The third-order valence-corrected chi connectivity index (χ3v) is 7.76. The fraction of sp³-hybridized carbons (Fsp3) is 0.710. The molecule has 40 heavy (non-hydrogen) atoms. The number of hydrogen-bond donors (Lipinski definition) is 1.